The van der Waals surface area contributed by atoms with Crippen LogP contribution in [-0.2, 0) is 14.3 Å². The first-order valence-electron chi connectivity index (χ1n) is 7.06. The lowest BCUT2D eigenvalue weighted by atomic mass is 10.1. The van der Waals surface area contributed by atoms with E-state index in [0.29, 0.717) is 19.7 Å². The zero-order valence-electron chi connectivity index (χ0n) is 11.8. The molecule has 0 aliphatic carbocycles. The van der Waals surface area contributed by atoms with Crippen molar-refractivity contribution in [2.24, 2.45) is 5.92 Å². The lowest BCUT2D eigenvalue weighted by Crippen LogP contribution is -2.40. The van der Waals surface area contributed by atoms with E-state index in [-0.39, 0.29) is 36.4 Å². The maximum atomic E-state index is 11.8. The Morgan fingerprint density at radius 3 is 2.95 bits per heavy atom. The Labute approximate surface area is 126 Å². The Kier molecular flexibility index (Phi) is 7.76. The molecule has 20 heavy (non-hydrogen) atoms. The molecule has 4 atom stereocenters. The number of ether oxygens (including phenoxy) is 2. The number of β-amino-alcohol motifs (C(OH)–C–C–N with tert-alkyl or cyclic N) is 1. The van der Waals surface area contributed by atoms with Crippen LogP contribution in [0.25, 0.3) is 0 Å². The van der Waals surface area contributed by atoms with Crippen LogP contribution in [0.5, 0.6) is 0 Å². The zero-order chi connectivity index (χ0) is 13.7. The summed E-state index contributed by atoms with van der Waals surface area (Å²) >= 11 is 0. The van der Waals surface area contributed by atoms with Crippen LogP contribution < -0.4 is 10.6 Å². The lowest BCUT2D eigenvalue weighted by Gasteiger charge is -2.18. The number of halogens is 1. The van der Waals surface area contributed by atoms with Gasteiger partial charge in [0.25, 0.3) is 0 Å². The fourth-order valence-corrected chi connectivity index (χ4v) is 2.41. The van der Waals surface area contributed by atoms with Crippen LogP contribution in [0.1, 0.15) is 19.8 Å². The van der Waals surface area contributed by atoms with Crippen molar-refractivity contribution in [2.45, 2.75) is 38.1 Å². The highest BCUT2D eigenvalue weighted by molar-refractivity contribution is 5.85. The molecule has 0 saturated carbocycles. The second-order valence-corrected chi connectivity index (χ2v) is 5.34. The number of rotatable bonds is 6. The second-order valence-electron chi connectivity index (χ2n) is 5.34. The van der Waals surface area contributed by atoms with Gasteiger partial charge in [-0.05, 0) is 19.8 Å². The minimum Gasteiger partial charge on any atom is -0.391 e. The molecule has 0 bridgehead atoms. The van der Waals surface area contributed by atoms with Gasteiger partial charge in [-0.2, -0.15) is 0 Å². The third-order valence-corrected chi connectivity index (χ3v) is 3.77. The van der Waals surface area contributed by atoms with E-state index in [1.165, 1.54) is 0 Å². The quantitative estimate of drug-likeness (QED) is 0.627. The van der Waals surface area contributed by atoms with Gasteiger partial charge in [-0.25, -0.2) is 0 Å². The molecule has 0 aromatic heterocycles. The molecule has 4 unspecified atom stereocenters. The van der Waals surface area contributed by atoms with E-state index in [0.717, 1.165) is 26.0 Å². The summed E-state index contributed by atoms with van der Waals surface area (Å²) in [5.74, 6) is -0.0357. The number of amides is 1. The van der Waals surface area contributed by atoms with E-state index in [2.05, 4.69) is 10.6 Å². The maximum Gasteiger partial charge on any atom is 0.248 e. The highest BCUT2D eigenvalue weighted by Gasteiger charge is 2.26. The molecule has 2 fully saturated rings. The molecule has 3 N–H and O–H groups in total. The molecule has 2 aliphatic heterocycles. The first-order chi connectivity index (χ1) is 9.16. The predicted octanol–water partition coefficient (Wildman–Crippen LogP) is -0.311. The van der Waals surface area contributed by atoms with Crippen molar-refractivity contribution in [3.8, 4) is 0 Å². The molecule has 0 spiro atoms. The molecule has 0 aromatic rings. The van der Waals surface area contributed by atoms with Gasteiger partial charge in [-0.3, -0.25) is 4.79 Å². The Morgan fingerprint density at radius 1 is 1.55 bits per heavy atom. The molecular formula is C13H25ClN2O4. The molecular weight excluding hydrogens is 284 g/mol. The summed E-state index contributed by atoms with van der Waals surface area (Å²) in [5.41, 5.74) is 0. The summed E-state index contributed by atoms with van der Waals surface area (Å²) in [7, 11) is 0. The minimum absolute atomic E-state index is 0. The predicted molar refractivity (Wildman–Crippen MR) is 77.0 cm³/mol. The van der Waals surface area contributed by atoms with Gasteiger partial charge < -0.3 is 25.2 Å². The summed E-state index contributed by atoms with van der Waals surface area (Å²) in [6, 6.07) is 0. The van der Waals surface area contributed by atoms with E-state index in [9.17, 15) is 9.90 Å². The number of hydrogen-bond donors (Lipinski definition) is 3. The Hall–Kier alpha value is -0.400. The van der Waals surface area contributed by atoms with Crippen molar-refractivity contribution >= 4 is 18.3 Å². The fourth-order valence-electron chi connectivity index (χ4n) is 2.41. The van der Waals surface area contributed by atoms with Crippen LogP contribution in [0.2, 0.25) is 0 Å². The Bertz CT molecular complexity index is 300. The minimum atomic E-state index is -0.476. The number of aliphatic hydroxyl groups excluding tert-OH is 1. The van der Waals surface area contributed by atoms with E-state index in [4.69, 9.17) is 9.47 Å². The van der Waals surface area contributed by atoms with Gasteiger partial charge in [0.15, 0.2) is 0 Å². The summed E-state index contributed by atoms with van der Waals surface area (Å²) < 4.78 is 11.0. The van der Waals surface area contributed by atoms with Crippen molar-refractivity contribution in [1.29, 1.82) is 0 Å². The van der Waals surface area contributed by atoms with Crippen LogP contribution >= 0.6 is 12.4 Å². The first kappa shape index (κ1) is 17.7. The standard InChI is InChI=1S/C13H24N2O4.ClH/c1-9(19-8-11-3-2-4-18-11)13(17)15-6-10-5-14-7-12(10)16;/h9-12,14,16H,2-8H2,1H3,(H,15,17);1H. The number of carbonyl (C=O) groups excluding carboxylic acids is 1. The molecule has 2 heterocycles. The second kappa shape index (κ2) is 8.79. The molecule has 2 rings (SSSR count). The summed E-state index contributed by atoms with van der Waals surface area (Å²) in [6.07, 6.45) is 1.37. The Balaban J connectivity index is 0.00000200. The molecule has 1 amide bonds. The summed E-state index contributed by atoms with van der Waals surface area (Å²) in [4.78, 5) is 11.8. The fraction of sp³-hybridized carbons (Fsp3) is 0.923. The van der Waals surface area contributed by atoms with Crippen molar-refractivity contribution < 1.29 is 19.4 Å². The first-order valence-corrected chi connectivity index (χ1v) is 7.06. The molecule has 0 radical (unpaired) electrons. The molecule has 118 valence electrons. The van der Waals surface area contributed by atoms with Gasteiger partial charge in [0, 0.05) is 32.2 Å². The van der Waals surface area contributed by atoms with Crippen molar-refractivity contribution in [3.05, 3.63) is 0 Å². The third-order valence-electron chi connectivity index (χ3n) is 3.77. The largest absolute Gasteiger partial charge is 0.391 e. The van der Waals surface area contributed by atoms with E-state index >= 15 is 0 Å². The van der Waals surface area contributed by atoms with Gasteiger partial charge in [-0.15, -0.1) is 12.4 Å². The maximum absolute atomic E-state index is 11.8. The van der Waals surface area contributed by atoms with Crippen molar-refractivity contribution in [3.63, 3.8) is 0 Å². The van der Waals surface area contributed by atoms with Crippen LogP contribution in [0.3, 0.4) is 0 Å². The van der Waals surface area contributed by atoms with Crippen LogP contribution in [-0.4, -0.2) is 62.2 Å². The van der Waals surface area contributed by atoms with Gasteiger partial charge >= 0.3 is 0 Å². The van der Waals surface area contributed by atoms with Crippen LogP contribution in [0.15, 0.2) is 0 Å². The van der Waals surface area contributed by atoms with E-state index in [1.54, 1.807) is 6.92 Å². The van der Waals surface area contributed by atoms with Gasteiger partial charge in [0.05, 0.1) is 18.8 Å². The molecule has 2 aliphatic rings. The van der Waals surface area contributed by atoms with E-state index in [1.807, 2.05) is 0 Å². The molecule has 6 nitrogen and oxygen atoms in total. The highest BCUT2D eigenvalue weighted by atomic mass is 35.5. The summed E-state index contributed by atoms with van der Waals surface area (Å²) in [6.45, 7) is 4.84. The van der Waals surface area contributed by atoms with Gasteiger partial charge in [-0.1, -0.05) is 0 Å². The monoisotopic (exact) mass is 308 g/mol. The smallest absolute Gasteiger partial charge is 0.248 e. The van der Waals surface area contributed by atoms with Crippen LogP contribution in [0, 0.1) is 5.92 Å². The molecule has 7 heteroatoms. The molecule has 0 aromatic carbocycles. The number of aliphatic hydroxyl groups is 1. The van der Waals surface area contributed by atoms with Gasteiger partial charge in [0.1, 0.15) is 6.10 Å². The lowest BCUT2D eigenvalue weighted by molar-refractivity contribution is -0.134. The van der Waals surface area contributed by atoms with Crippen molar-refractivity contribution in [2.75, 3.05) is 32.8 Å². The van der Waals surface area contributed by atoms with Crippen molar-refractivity contribution in [1.82, 2.24) is 10.6 Å². The third kappa shape index (κ3) is 5.18. The number of hydrogen-bond acceptors (Lipinski definition) is 5. The van der Waals surface area contributed by atoms with Crippen LogP contribution in [0.4, 0.5) is 0 Å². The average Bonchev–Trinajstić information content (AvgIpc) is 3.04. The average molecular weight is 309 g/mol. The summed E-state index contributed by atoms with van der Waals surface area (Å²) in [5, 5.41) is 15.5. The highest BCUT2D eigenvalue weighted by Crippen LogP contribution is 2.13. The van der Waals surface area contributed by atoms with E-state index < -0.39 is 6.10 Å². The number of carbonyl (C=O) groups is 1. The normalized spacial score (nSPS) is 30.8. The van der Waals surface area contributed by atoms with Gasteiger partial charge in [0.2, 0.25) is 5.91 Å². The SMILES string of the molecule is CC(OCC1CCCO1)C(=O)NCC1CNCC1O.Cl. The Morgan fingerprint density at radius 2 is 2.35 bits per heavy atom. The molecule has 2 saturated heterocycles. The topological polar surface area (TPSA) is 79.8 Å². The number of nitrogens with one attached hydrogen (secondary N) is 2. The zero-order valence-corrected chi connectivity index (χ0v) is 12.7.